The monoisotopic (exact) mass is 541 g/mol. The topological polar surface area (TPSA) is 86.8 Å². The summed E-state index contributed by atoms with van der Waals surface area (Å²) < 4.78 is 26.6. The number of sulfonamides is 1. The summed E-state index contributed by atoms with van der Waals surface area (Å²) in [6, 6.07) is 13.3. The van der Waals surface area contributed by atoms with Crippen LogP contribution in [0.5, 0.6) is 0 Å². The summed E-state index contributed by atoms with van der Waals surface area (Å²) in [7, 11) is -3.53. The molecule has 0 aliphatic heterocycles. The molecule has 2 aromatic rings. The Balaban J connectivity index is 1.77. The molecule has 0 aromatic heterocycles. The van der Waals surface area contributed by atoms with Gasteiger partial charge in [0, 0.05) is 25.6 Å². The van der Waals surface area contributed by atoms with E-state index in [0.717, 1.165) is 47.9 Å². The summed E-state index contributed by atoms with van der Waals surface area (Å²) in [5.74, 6) is -0.248. The van der Waals surface area contributed by atoms with Gasteiger partial charge < -0.3 is 10.2 Å². The van der Waals surface area contributed by atoms with Gasteiger partial charge in [-0.2, -0.15) is 0 Å². The van der Waals surface area contributed by atoms with Crippen LogP contribution in [0.4, 0.5) is 5.69 Å². The largest absolute Gasteiger partial charge is 0.352 e. The summed E-state index contributed by atoms with van der Waals surface area (Å²) in [4.78, 5) is 28.6. The first kappa shape index (κ1) is 29.7. The van der Waals surface area contributed by atoms with Gasteiger partial charge in [0.15, 0.2) is 0 Å². The Kier molecular flexibility index (Phi) is 10.4. The average Bonchev–Trinajstić information content (AvgIpc) is 3.33. The normalized spacial score (nSPS) is 14.8. The van der Waals surface area contributed by atoms with Gasteiger partial charge in [-0.1, -0.05) is 55.7 Å². The molecule has 0 unspecified atom stereocenters. The summed E-state index contributed by atoms with van der Waals surface area (Å²) >= 11 is 0. The molecule has 0 radical (unpaired) electrons. The molecule has 1 atom stereocenters. The van der Waals surface area contributed by atoms with E-state index in [1.54, 1.807) is 4.90 Å². The van der Waals surface area contributed by atoms with Gasteiger partial charge in [0.25, 0.3) is 0 Å². The highest BCUT2D eigenvalue weighted by atomic mass is 32.2. The van der Waals surface area contributed by atoms with Crippen molar-refractivity contribution in [3.63, 3.8) is 0 Å². The van der Waals surface area contributed by atoms with E-state index in [1.807, 2.05) is 70.2 Å². The minimum absolute atomic E-state index is 0.103. The number of aryl methyl sites for hydroxylation is 3. The summed E-state index contributed by atoms with van der Waals surface area (Å²) in [6.45, 7) is 8.34. The van der Waals surface area contributed by atoms with Crippen LogP contribution in [0, 0.1) is 20.8 Å². The van der Waals surface area contributed by atoms with Gasteiger partial charge in [-0.3, -0.25) is 13.9 Å². The maximum Gasteiger partial charge on any atom is 0.243 e. The molecule has 8 heteroatoms. The SMILES string of the molecule is CC[C@H](C(=O)NC1CCCC1)N(Cc1cccc(C)c1)C(=O)CCCN(c1cc(C)cc(C)c1)S(C)(=O)=O. The van der Waals surface area contributed by atoms with Gasteiger partial charge in [0.2, 0.25) is 21.8 Å². The molecule has 0 spiro atoms. The number of hydrogen-bond acceptors (Lipinski definition) is 4. The lowest BCUT2D eigenvalue weighted by molar-refractivity contribution is -0.141. The number of carbonyl (C=O) groups is 2. The number of amides is 2. The second kappa shape index (κ2) is 13.3. The van der Waals surface area contributed by atoms with Gasteiger partial charge in [0.05, 0.1) is 11.9 Å². The molecule has 7 nitrogen and oxygen atoms in total. The van der Waals surface area contributed by atoms with Gasteiger partial charge in [0.1, 0.15) is 6.04 Å². The van der Waals surface area contributed by atoms with E-state index < -0.39 is 16.1 Å². The third-order valence-electron chi connectivity index (χ3n) is 7.17. The molecular formula is C30H43N3O4S. The van der Waals surface area contributed by atoms with Crippen molar-refractivity contribution in [1.82, 2.24) is 10.2 Å². The Morgan fingerprint density at radius 3 is 2.24 bits per heavy atom. The van der Waals surface area contributed by atoms with Gasteiger partial charge in [-0.05, 0) is 75.3 Å². The predicted molar refractivity (Wildman–Crippen MR) is 154 cm³/mol. The third-order valence-corrected chi connectivity index (χ3v) is 8.36. The molecule has 3 rings (SSSR count). The quantitative estimate of drug-likeness (QED) is 0.409. The van der Waals surface area contributed by atoms with Crippen molar-refractivity contribution in [3.8, 4) is 0 Å². The van der Waals surface area contributed by atoms with E-state index in [1.165, 1.54) is 10.6 Å². The maximum absolute atomic E-state index is 13.6. The number of benzene rings is 2. The maximum atomic E-state index is 13.6. The van der Waals surface area contributed by atoms with Crippen molar-refractivity contribution in [2.24, 2.45) is 0 Å². The smallest absolute Gasteiger partial charge is 0.243 e. The molecule has 1 aliphatic carbocycles. The molecule has 0 bridgehead atoms. The summed E-state index contributed by atoms with van der Waals surface area (Å²) in [5.41, 5.74) is 4.63. The molecule has 2 amide bonds. The lowest BCUT2D eigenvalue weighted by Crippen LogP contribution is -2.51. The number of hydrogen-bond donors (Lipinski definition) is 1. The number of anilines is 1. The number of nitrogens with one attached hydrogen (secondary N) is 1. The molecular weight excluding hydrogens is 498 g/mol. The minimum atomic E-state index is -3.53. The Morgan fingerprint density at radius 1 is 1.00 bits per heavy atom. The highest BCUT2D eigenvalue weighted by molar-refractivity contribution is 7.92. The van der Waals surface area contributed by atoms with Crippen molar-refractivity contribution in [3.05, 3.63) is 64.7 Å². The number of carbonyl (C=O) groups excluding carboxylic acids is 2. The van der Waals surface area contributed by atoms with E-state index in [9.17, 15) is 18.0 Å². The first-order valence-corrected chi connectivity index (χ1v) is 15.5. The average molecular weight is 542 g/mol. The van der Waals surface area contributed by atoms with Crippen molar-refractivity contribution in [1.29, 1.82) is 0 Å². The molecule has 2 aromatic carbocycles. The van der Waals surface area contributed by atoms with Crippen molar-refractivity contribution in [2.45, 2.75) is 91.3 Å². The zero-order valence-electron chi connectivity index (χ0n) is 23.5. The molecule has 1 N–H and O–H groups in total. The zero-order chi connectivity index (χ0) is 27.9. The number of nitrogens with zero attached hydrogens (tertiary/aromatic N) is 2. The fraction of sp³-hybridized carbons (Fsp3) is 0.533. The first-order chi connectivity index (χ1) is 18.0. The zero-order valence-corrected chi connectivity index (χ0v) is 24.3. The molecule has 1 fully saturated rings. The minimum Gasteiger partial charge on any atom is -0.352 e. The Bertz CT molecular complexity index is 1200. The van der Waals surface area contributed by atoms with Crippen LogP contribution >= 0.6 is 0 Å². The fourth-order valence-electron chi connectivity index (χ4n) is 5.39. The second-order valence-electron chi connectivity index (χ2n) is 10.7. The molecule has 0 saturated heterocycles. The van der Waals surface area contributed by atoms with Crippen LogP contribution in [0.2, 0.25) is 0 Å². The van der Waals surface area contributed by atoms with Crippen LogP contribution < -0.4 is 9.62 Å². The van der Waals surface area contributed by atoms with Crippen molar-refractivity contribution in [2.75, 3.05) is 17.1 Å². The predicted octanol–water partition coefficient (Wildman–Crippen LogP) is 5.02. The fourth-order valence-corrected chi connectivity index (χ4v) is 6.34. The van der Waals surface area contributed by atoms with Crippen LogP contribution in [0.25, 0.3) is 0 Å². The Labute approximate surface area is 228 Å². The van der Waals surface area contributed by atoms with E-state index >= 15 is 0 Å². The Hall–Kier alpha value is -2.87. The lowest BCUT2D eigenvalue weighted by Gasteiger charge is -2.32. The van der Waals surface area contributed by atoms with Crippen molar-refractivity contribution >= 4 is 27.5 Å². The third kappa shape index (κ3) is 8.32. The van der Waals surface area contributed by atoms with Crippen LogP contribution in [0.1, 0.15) is 74.1 Å². The molecule has 0 heterocycles. The van der Waals surface area contributed by atoms with Gasteiger partial charge in [-0.25, -0.2) is 8.42 Å². The summed E-state index contributed by atoms with van der Waals surface area (Å²) in [6.07, 6.45) is 6.39. The van der Waals surface area contributed by atoms with Crippen LogP contribution in [0.15, 0.2) is 42.5 Å². The van der Waals surface area contributed by atoms with Gasteiger partial charge >= 0.3 is 0 Å². The molecule has 1 saturated carbocycles. The van der Waals surface area contributed by atoms with E-state index in [0.29, 0.717) is 25.1 Å². The standard InChI is InChI=1S/C30H43N3O4S/c1-6-28(30(35)31-26-13-7-8-14-26)32(21-25-12-9-11-22(2)18-25)29(34)15-10-16-33(38(5,36)37)27-19-23(3)17-24(4)20-27/h9,11-12,17-20,26,28H,6-8,10,13-16,21H2,1-5H3,(H,31,35)/t28-/m1/s1. The van der Waals surface area contributed by atoms with E-state index in [-0.39, 0.29) is 30.8 Å². The molecule has 1 aliphatic rings. The van der Waals surface area contributed by atoms with E-state index in [4.69, 9.17) is 0 Å². The highest BCUT2D eigenvalue weighted by Gasteiger charge is 2.30. The number of rotatable bonds is 12. The van der Waals surface area contributed by atoms with E-state index in [2.05, 4.69) is 5.32 Å². The summed E-state index contributed by atoms with van der Waals surface area (Å²) in [5, 5.41) is 3.17. The Morgan fingerprint density at radius 2 is 1.66 bits per heavy atom. The van der Waals surface area contributed by atoms with Crippen LogP contribution in [0.3, 0.4) is 0 Å². The molecule has 208 valence electrons. The highest BCUT2D eigenvalue weighted by Crippen LogP contribution is 2.23. The van der Waals surface area contributed by atoms with Crippen LogP contribution in [-0.4, -0.2) is 50.0 Å². The first-order valence-electron chi connectivity index (χ1n) is 13.7. The van der Waals surface area contributed by atoms with Gasteiger partial charge in [-0.15, -0.1) is 0 Å². The van der Waals surface area contributed by atoms with Crippen LogP contribution in [-0.2, 0) is 26.2 Å². The molecule has 38 heavy (non-hydrogen) atoms. The second-order valence-corrected chi connectivity index (χ2v) is 12.6. The lowest BCUT2D eigenvalue weighted by atomic mass is 10.1. The van der Waals surface area contributed by atoms with Crippen molar-refractivity contribution < 1.29 is 18.0 Å².